The molecule has 1 aliphatic heterocycles. The van der Waals surface area contributed by atoms with Crippen molar-refractivity contribution in [1.82, 2.24) is 9.88 Å². The topological polar surface area (TPSA) is 45.7 Å². The van der Waals surface area contributed by atoms with Crippen LogP contribution in [0.1, 0.15) is 39.2 Å². The molecule has 0 atom stereocenters. The van der Waals surface area contributed by atoms with E-state index >= 15 is 0 Å². The molecular weight excluding hydrogens is 431 g/mol. The van der Waals surface area contributed by atoms with Crippen molar-refractivity contribution in [2.24, 2.45) is 0 Å². The summed E-state index contributed by atoms with van der Waals surface area (Å²) >= 11 is 6.40. The van der Waals surface area contributed by atoms with Gasteiger partial charge in [-0.3, -0.25) is 4.98 Å². The van der Waals surface area contributed by atoms with E-state index in [1.165, 1.54) is 12.1 Å². The van der Waals surface area contributed by atoms with Gasteiger partial charge in [0.05, 0.1) is 22.5 Å². The highest BCUT2D eigenvalue weighted by atomic mass is 35.5. The quantitative estimate of drug-likeness (QED) is 0.545. The molecule has 2 heterocycles. The van der Waals surface area contributed by atoms with E-state index in [2.05, 4.69) is 4.98 Å². The Morgan fingerprint density at radius 2 is 1.74 bits per heavy atom. The van der Waals surface area contributed by atoms with Gasteiger partial charge in [0.1, 0.15) is 5.60 Å². The van der Waals surface area contributed by atoms with Crippen LogP contribution >= 0.6 is 11.6 Å². The number of piperidine rings is 1. The molecule has 1 fully saturated rings. The molecule has 9 heteroatoms. The number of carbonyl (C=O) groups is 1. The Bertz CT molecular complexity index is 905. The monoisotopic (exact) mass is 455 g/mol. The van der Waals surface area contributed by atoms with E-state index in [1.807, 2.05) is 25.7 Å². The molecule has 0 N–H and O–H groups in total. The summed E-state index contributed by atoms with van der Waals surface area (Å²) in [5.41, 5.74) is -0.102. The maximum atomic E-state index is 13.0. The van der Waals surface area contributed by atoms with Gasteiger partial charge in [-0.05, 0) is 63.9 Å². The van der Waals surface area contributed by atoms with Gasteiger partial charge < -0.3 is 14.5 Å². The van der Waals surface area contributed by atoms with Crippen LogP contribution in [0.5, 0.6) is 0 Å². The lowest BCUT2D eigenvalue weighted by Gasteiger charge is -2.40. The molecule has 1 aliphatic rings. The first-order valence-electron chi connectivity index (χ1n) is 9.99. The number of likely N-dealkylation sites (tertiary alicyclic amines) is 1. The van der Waals surface area contributed by atoms with E-state index in [4.69, 9.17) is 16.3 Å². The summed E-state index contributed by atoms with van der Waals surface area (Å²) in [4.78, 5) is 20.1. The second-order valence-electron chi connectivity index (χ2n) is 8.44. The minimum absolute atomic E-state index is 0.0721. The van der Waals surface area contributed by atoms with E-state index in [-0.39, 0.29) is 12.1 Å². The summed E-state index contributed by atoms with van der Waals surface area (Å²) < 4.78 is 44.5. The van der Waals surface area contributed by atoms with Crippen LogP contribution in [0.4, 0.5) is 29.3 Å². The molecule has 168 valence electrons. The van der Waals surface area contributed by atoms with Gasteiger partial charge in [0.2, 0.25) is 0 Å². The zero-order chi connectivity index (χ0) is 22.8. The minimum Gasteiger partial charge on any atom is -0.444 e. The molecule has 0 unspecified atom stereocenters. The smallest absolute Gasteiger partial charge is 0.416 e. The number of benzene rings is 1. The first kappa shape index (κ1) is 23.2. The predicted molar refractivity (Wildman–Crippen MR) is 114 cm³/mol. The highest BCUT2D eigenvalue weighted by Crippen LogP contribution is 2.38. The number of carbonyl (C=O) groups excluding carboxylic acids is 1. The SMILES string of the molecule is CC(C)(C)OC(=O)N1CCC(N(c2ccc(C(F)(F)F)cc2)c2cnccc2Cl)CC1. The Labute approximate surface area is 184 Å². The molecule has 0 bridgehead atoms. The minimum atomic E-state index is -4.41. The van der Waals surface area contributed by atoms with Crippen LogP contribution in [-0.4, -0.2) is 40.7 Å². The molecule has 2 aromatic rings. The summed E-state index contributed by atoms with van der Waals surface area (Å²) in [5.74, 6) is 0. The zero-order valence-electron chi connectivity index (χ0n) is 17.6. The normalized spacial score (nSPS) is 15.6. The molecule has 5 nitrogen and oxygen atoms in total. The van der Waals surface area contributed by atoms with Crippen LogP contribution in [0.15, 0.2) is 42.7 Å². The van der Waals surface area contributed by atoms with Gasteiger partial charge in [-0.25, -0.2) is 4.79 Å². The Morgan fingerprint density at radius 3 is 2.26 bits per heavy atom. The highest BCUT2D eigenvalue weighted by molar-refractivity contribution is 6.33. The lowest BCUT2D eigenvalue weighted by atomic mass is 10.0. The molecule has 0 radical (unpaired) electrons. The van der Waals surface area contributed by atoms with Gasteiger partial charge >= 0.3 is 12.3 Å². The van der Waals surface area contributed by atoms with Crippen LogP contribution in [0.3, 0.4) is 0 Å². The molecule has 1 amide bonds. The standard InChI is InChI=1S/C22H25ClF3N3O2/c1-21(2,3)31-20(30)28-12-9-17(10-13-28)29(19-14-27-11-8-18(19)23)16-6-4-15(5-7-16)22(24,25)26/h4-8,11,14,17H,9-10,12-13H2,1-3H3. The van der Waals surface area contributed by atoms with Crippen molar-refractivity contribution in [2.75, 3.05) is 18.0 Å². The van der Waals surface area contributed by atoms with E-state index in [0.717, 1.165) is 12.1 Å². The zero-order valence-corrected chi connectivity index (χ0v) is 18.4. The second-order valence-corrected chi connectivity index (χ2v) is 8.85. The van der Waals surface area contributed by atoms with Crippen LogP contribution < -0.4 is 4.90 Å². The Morgan fingerprint density at radius 1 is 1.13 bits per heavy atom. The van der Waals surface area contributed by atoms with Crippen LogP contribution in [0.25, 0.3) is 0 Å². The third-order valence-electron chi connectivity index (χ3n) is 4.96. The number of alkyl halides is 3. The fourth-order valence-electron chi connectivity index (χ4n) is 3.54. The van der Waals surface area contributed by atoms with Crippen LogP contribution in [0.2, 0.25) is 5.02 Å². The van der Waals surface area contributed by atoms with Crippen molar-refractivity contribution >= 4 is 29.1 Å². The summed E-state index contributed by atoms with van der Waals surface area (Å²) in [7, 11) is 0. The van der Waals surface area contributed by atoms with Gasteiger partial charge in [-0.2, -0.15) is 13.2 Å². The summed E-state index contributed by atoms with van der Waals surface area (Å²) in [5, 5.41) is 0.449. The number of rotatable bonds is 3. The van der Waals surface area contributed by atoms with E-state index in [9.17, 15) is 18.0 Å². The van der Waals surface area contributed by atoms with Crippen molar-refractivity contribution in [2.45, 2.75) is 51.4 Å². The molecule has 1 aromatic heterocycles. The first-order chi connectivity index (χ1) is 14.5. The lowest BCUT2D eigenvalue weighted by Crippen LogP contribution is -2.47. The fraction of sp³-hybridized carbons (Fsp3) is 0.455. The maximum absolute atomic E-state index is 13.0. The first-order valence-corrected chi connectivity index (χ1v) is 10.4. The van der Waals surface area contributed by atoms with E-state index in [1.54, 1.807) is 23.4 Å². The average molecular weight is 456 g/mol. The van der Waals surface area contributed by atoms with Gasteiger partial charge in [0.15, 0.2) is 0 Å². The number of anilines is 2. The molecular formula is C22H25ClF3N3O2. The highest BCUT2D eigenvalue weighted by Gasteiger charge is 2.33. The van der Waals surface area contributed by atoms with Crippen molar-refractivity contribution in [3.8, 4) is 0 Å². The number of hydrogen-bond donors (Lipinski definition) is 0. The maximum Gasteiger partial charge on any atom is 0.416 e. The van der Waals surface area contributed by atoms with Crippen molar-refractivity contribution in [1.29, 1.82) is 0 Å². The molecule has 0 saturated carbocycles. The number of aromatic nitrogens is 1. The van der Waals surface area contributed by atoms with E-state index in [0.29, 0.717) is 42.3 Å². The van der Waals surface area contributed by atoms with Crippen molar-refractivity contribution < 1.29 is 22.7 Å². The van der Waals surface area contributed by atoms with Crippen molar-refractivity contribution in [3.05, 3.63) is 53.3 Å². The summed E-state index contributed by atoms with van der Waals surface area (Å²) in [6.07, 6.45) is -0.417. The summed E-state index contributed by atoms with van der Waals surface area (Å²) in [6, 6.07) is 6.56. The number of amides is 1. The fourth-order valence-corrected chi connectivity index (χ4v) is 3.73. The Balaban J connectivity index is 1.84. The molecule has 1 aromatic carbocycles. The third-order valence-corrected chi connectivity index (χ3v) is 5.28. The molecule has 0 aliphatic carbocycles. The largest absolute Gasteiger partial charge is 0.444 e. The lowest BCUT2D eigenvalue weighted by molar-refractivity contribution is -0.137. The van der Waals surface area contributed by atoms with Gasteiger partial charge in [0, 0.05) is 31.0 Å². The number of pyridine rings is 1. The summed E-state index contributed by atoms with van der Waals surface area (Å²) in [6.45, 7) is 6.38. The number of ether oxygens (including phenoxy) is 1. The van der Waals surface area contributed by atoms with Gasteiger partial charge in [-0.15, -0.1) is 0 Å². The predicted octanol–water partition coefficient (Wildman–Crippen LogP) is 6.29. The van der Waals surface area contributed by atoms with Crippen molar-refractivity contribution in [3.63, 3.8) is 0 Å². The molecule has 1 saturated heterocycles. The Hall–Kier alpha value is -2.48. The molecule has 3 rings (SSSR count). The van der Waals surface area contributed by atoms with Crippen LogP contribution in [-0.2, 0) is 10.9 Å². The third kappa shape index (κ3) is 5.81. The molecule has 0 spiro atoms. The number of nitrogens with zero attached hydrogens (tertiary/aromatic N) is 3. The van der Waals surface area contributed by atoms with Gasteiger partial charge in [0.25, 0.3) is 0 Å². The molecule has 31 heavy (non-hydrogen) atoms. The van der Waals surface area contributed by atoms with Gasteiger partial charge in [-0.1, -0.05) is 11.6 Å². The van der Waals surface area contributed by atoms with E-state index < -0.39 is 17.3 Å². The van der Waals surface area contributed by atoms with Crippen LogP contribution in [0, 0.1) is 0 Å². The Kier molecular flexibility index (Phi) is 6.69. The average Bonchev–Trinajstić information content (AvgIpc) is 2.68. The number of hydrogen-bond acceptors (Lipinski definition) is 4. The second kappa shape index (κ2) is 8.94. The number of halogens is 4.